The number of carbonyl (C=O) groups is 2. The number of methoxy groups -OCH3 is 1. The Morgan fingerprint density at radius 1 is 1.32 bits per heavy atom. The molecule has 25 heavy (non-hydrogen) atoms. The van der Waals surface area contributed by atoms with Crippen molar-refractivity contribution in [3.05, 3.63) is 29.8 Å². The van der Waals surface area contributed by atoms with Gasteiger partial charge >= 0.3 is 5.97 Å². The minimum atomic E-state index is -0.400. The Morgan fingerprint density at radius 3 is 2.68 bits per heavy atom. The van der Waals surface area contributed by atoms with Gasteiger partial charge in [0.05, 0.1) is 25.6 Å². The van der Waals surface area contributed by atoms with Gasteiger partial charge in [0.25, 0.3) is 0 Å². The van der Waals surface area contributed by atoms with Crippen molar-refractivity contribution in [3.63, 3.8) is 0 Å². The van der Waals surface area contributed by atoms with Gasteiger partial charge in [-0.05, 0) is 50.4 Å². The molecule has 1 aliphatic rings. The van der Waals surface area contributed by atoms with Crippen LogP contribution in [0.5, 0.6) is 5.75 Å². The van der Waals surface area contributed by atoms with E-state index in [1.807, 2.05) is 31.2 Å². The Labute approximate surface area is 149 Å². The van der Waals surface area contributed by atoms with E-state index in [0.29, 0.717) is 19.6 Å². The number of rotatable bonds is 8. The maximum Gasteiger partial charge on any atom is 0.310 e. The fraction of sp³-hybridized carbons (Fsp3) is 0.579. The highest BCUT2D eigenvalue weighted by molar-refractivity contribution is 5.80. The molecule has 6 heteroatoms. The SMILES string of the molecule is CCOc1ccc(CC(CNC(=O)C2CCCNC2)C(=O)OC)cc1. The van der Waals surface area contributed by atoms with E-state index in [4.69, 9.17) is 9.47 Å². The predicted octanol–water partition coefficient (Wildman–Crippen LogP) is 1.53. The summed E-state index contributed by atoms with van der Waals surface area (Å²) in [6.07, 6.45) is 2.41. The standard InChI is InChI=1S/C19H28N2O4/c1-3-25-17-8-6-14(7-9-17)11-16(19(23)24-2)13-21-18(22)15-5-4-10-20-12-15/h6-9,15-16,20H,3-5,10-13H2,1-2H3,(H,21,22). The molecule has 0 aliphatic carbocycles. The fourth-order valence-corrected chi connectivity index (χ4v) is 3.02. The lowest BCUT2D eigenvalue weighted by molar-refractivity contribution is -0.145. The summed E-state index contributed by atoms with van der Waals surface area (Å²) < 4.78 is 10.3. The lowest BCUT2D eigenvalue weighted by Crippen LogP contribution is -2.43. The first kappa shape index (κ1) is 19.2. The van der Waals surface area contributed by atoms with E-state index in [0.717, 1.165) is 30.7 Å². The van der Waals surface area contributed by atoms with E-state index in [9.17, 15) is 9.59 Å². The Balaban J connectivity index is 1.91. The van der Waals surface area contributed by atoms with Crippen LogP contribution < -0.4 is 15.4 Å². The van der Waals surface area contributed by atoms with Crippen LogP contribution in [0.25, 0.3) is 0 Å². The van der Waals surface area contributed by atoms with Crippen LogP contribution in [0.1, 0.15) is 25.3 Å². The van der Waals surface area contributed by atoms with Crippen LogP contribution in [-0.2, 0) is 20.7 Å². The van der Waals surface area contributed by atoms with Gasteiger partial charge in [-0.2, -0.15) is 0 Å². The molecule has 0 spiro atoms. The maximum absolute atomic E-state index is 12.3. The Morgan fingerprint density at radius 2 is 2.08 bits per heavy atom. The third kappa shape index (κ3) is 6.05. The molecule has 0 bridgehead atoms. The molecule has 1 fully saturated rings. The molecule has 0 radical (unpaired) electrons. The molecular weight excluding hydrogens is 320 g/mol. The van der Waals surface area contributed by atoms with Crippen molar-refractivity contribution in [2.75, 3.05) is 33.4 Å². The Kier molecular flexibility index (Phi) is 7.73. The zero-order valence-electron chi connectivity index (χ0n) is 15.0. The van der Waals surface area contributed by atoms with E-state index in [-0.39, 0.29) is 24.3 Å². The van der Waals surface area contributed by atoms with Crippen LogP contribution in [0.4, 0.5) is 0 Å². The second kappa shape index (κ2) is 10.0. The molecule has 0 aromatic heterocycles. The summed E-state index contributed by atoms with van der Waals surface area (Å²) >= 11 is 0. The van der Waals surface area contributed by atoms with E-state index < -0.39 is 5.92 Å². The first-order chi connectivity index (χ1) is 12.1. The molecule has 1 heterocycles. The number of benzene rings is 1. The summed E-state index contributed by atoms with van der Waals surface area (Å²) in [6.45, 7) is 4.51. The van der Waals surface area contributed by atoms with Crippen molar-refractivity contribution in [1.82, 2.24) is 10.6 Å². The quantitative estimate of drug-likeness (QED) is 0.697. The highest BCUT2D eigenvalue weighted by Gasteiger charge is 2.24. The van der Waals surface area contributed by atoms with E-state index >= 15 is 0 Å². The summed E-state index contributed by atoms with van der Waals surface area (Å²) in [5.74, 6) is 0.0867. The molecule has 6 nitrogen and oxygen atoms in total. The number of ether oxygens (including phenoxy) is 2. The number of esters is 1. The lowest BCUT2D eigenvalue weighted by atomic mass is 9.97. The van der Waals surface area contributed by atoms with Gasteiger partial charge in [0.15, 0.2) is 0 Å². The van der Waals surface area contributed by atoms with Crippen molar-refractivity contribution >= 4 is 11.9 Å². The molecule has 1 amide bonds. The van der Waals surface area contributed by atoms with Crippen molar-refractivity contribution < 1.29 is 19.1 Å². The molecule has 138 valence electrons. The second-order valence-electron chi connectivity index (χ2n) is 6.29. The number of hydrogen-bond donors (Lipinski definition) is 2. The van der Waals surface area contributed by atoms with Gasteiger partial charge in [0.2, 0.25) is 5.91 Å². The Bertz CT molecular complexity index is 553. The van der Waals surface area contributed by atoms with Crippen LogP contribution in [0.15, 0.2) is 24.3 Å². The van der Waals surface area contributed by atoms with Gasteiger partial charge in [-0.3, -0.25) is 9.59 Å². The third-order valence-corrected chi connectivity index (χ3v) is 4.44. The normalized spacial score (nSPS) is 18.2. The largest absolute Gasteiger partial charge is 0.494 e. The number of amides is 1. The highest BCUT2D eigenvalue weighted by atomic mass is 16.5. The lowest BCUT2D eigenvalue weighted by Gasteiger charge is -2.23. The van der Waals surface area contributed by atoms with Crippen molar-refractivity contribution in [2.45, 2.75) is 26.2 Å². The molecule has 0 saturated carbocycles. The topological polar surface area (TPSA) is 76.7 Å². The third-order valence-electron chi connectivity index (χ3n) is 4.44. The number of carbonyl (C=O) groups excluding carboxylic acids is 2. The molecule has 1 aromatic rings. The zero-order valence-corrected chi connectivity index (χ0v) is 15.0. The summed E-state index contributed by atoms with van der Waals surface area (Å²) in [7, 11) is 1.38. The first-order valence-electron chi connectivity index (χ1n) is 8.92. The average Bonchev–Trinajstić information content (AvgIpc) is 2.66. The van der Waals surface area contributed by atoms with Crippen molar-refractivity contribution in [1.29, 1.82) is 0 Å². The van der Waals surface area contributed by atoms with E-state index in [2.05, 4.69) is 10.6 Å². The summed E-state index contributed by atoms with van der Waals surface area (Å²) in [4.78, 5) is 24.3. The van der Waals surface area contributed by atoms with Crippen LogP contribution in [0.2, 0.25) is 0 Å². The maximum atomic E-state index is 12.3. The highest BCUT2D eigenvalue weighted by Crippen LogP contribution is 2.16. The van der Waals surface area contributed by atoms with Crippen molar-refractivity contribution in [3.8, 4) is 5.75 Å². The molecule has 2 N–H and O–H groups in total. The summed E-state index contributed by atoms with van der Waals surface area (Å²) in [5, 5.41) is 6.14. The summed E-state index contributed by atoms with van der Waals surface area (Å²) in [5.41, 5.74) is 1.01. The molecule has 1 aliphatic heterocycles. The summed E-state index contributed by atoms with van der Waals surface area (Å²) in [6, 6.07) is 7.65. The minimum absolute atomic E-state index is 0.00722. The van der Waals surface area contributed by atoms with Crippen molar-refractivity contribution in [2.24, 2.45) is 11.8 Å². The number of nitrogens with one attached hydrogen (secondary N) is 2. The van der Waals surface area contributed by atoms with Gasteiger partial charge < -0.3 is 20.1 Å². The van der Waals surface area contributed by atoms with Gasteiger partial charge in [-0.1, -0.05) is 12.1 Å². The molecule has 1 saturated heterocycles. The van der Waals surface area contributed by atoms with E-state index in [1.165, 1.54) is 7.11 Å². The first-order valence-corrected chi connectivity index (χ1v) is 8.92. The average molecular weight is 348 g/mol. The van der Waals surface area contributed by atoms with Crippen LogP contribution in [-0.4, -0.2) is 45.2 Å². The van der Waals surface area contributed by atoms with Crippen LogP contribution in [0, 0.1) is 11.8 Å². The smallest absolute Gasteiger partial charge is 0.310 e. The molecule has 1 aromatic carbocycles. The van der Waals surface area contributed by atoms with Gasteiger partial charge in [-0.25, -0.2) is 0 Å². The predicted molar refractivity (Wildman–Crippen MR) is 95.4 cm³/mol. The molecular formula is C19H28N2O4. The second-order valence-corrected chi connectivity index (χ2v) is 6.29. The zero-order chi connectivity index (χ0) is 18.1. The molecule has 2 unspecified atom stereocenters. The molecule has 2 atom stereocenters. The number of hydrogen-bond acceptors (Lipinski definition) is 5. The van der Waals surface area contributed by atoms with Gasteiger partial charge in [-0.15, -0.1) is 0 Å². The number of piperidine rings is 1. The molecule has 2 rings (SSSR count). The van der Waals surface area contributed by atoms with Crippen LogP contribution >= 0.6 is 0 Å². The monoisotopic (exact) mass is 348 g/mol. The van der Waals surface area contributed by atoms with Crippen LogP contribution in [0.3, 0.4) is 0 Å². The Hall–Kier alpha value is -2.08. The minimum Gasteiger partial charge on any atom is -0.494 e. The van der Waals surface area contributed by atoms with Gasteiger partial charge in [0.1, 0.15) is 5.75 Å². The fourth-order valence-electron chi connectivity index (χ4n) is 3.02. The van der Waals surface area contributed by atoms with Gasteiger partial charge in [0, 0.05) is 13.1 Å². The van der Waals surface area contributed by atoms with E-state index in [1.54, 1.807) is 0 Å².